The lowest BCUT2D eigenvalue weighted by Crippen LogP contribution is -2.55. The summed E-state index contributed by atoms with van der Waals surface area (Å²) in [7, 11) is 1.60. The number of para-hydroxylation sites is 1. The van der Waals surface area contributed by atoms with E-state index in [0.717, 1.165) is 25.9 Å². The number of nitrogens with zero attached hydrogens (tertiary/aromatic N) is 1. The molecule has 2 unspecified atom stereocenters. The van der Waals surface area contributed by atoms with Crippen molar-refractivity contribution < 1.29 is 19.4 Å². The van der Waals surface area contributed by atoms with E-state index in [4.69, 9.17) is 9.47 Å². The molecule has 2 heterocycles. The zero-order valence-corrected chi connectivity index (χ0v) is 19.2. The van der Waals surface area contributed by atoms with Crippen molar-refractivity contribution in [2.24, 2.45) is 5.92 Å². The predicted octanol–water partition coefficient (Wildman–Crippen LogP) is 3.59. The highest BCUT2D eigenvalue weighted by molar-refractivity contribution is 6.05. The second-order valence-corrected chi connectivity index (χ2v) is 9.16. The summed E-state index contributed by atoms with van der Waals surface area (Å²) in [5.74, 6) is 1.18. The average molecular weight is 439 g/mol. The minimum Gasteiger partial charge on any atom is -0.508 e. The number of ether oxygens (including phenoxy) is 2. The molecular weight excluding hydrogens is 404 g/mol. The zero-order chi connectivity index (χ0) is 22.7. The molecule has 2 atom stereocenters. The number of carbonyl (C=O) groups excluding carboxylic acids is 1. The van der Waals surface area contributed by atoms with Crippen molar-refractivity contribution in [2.75, 3.05) is 33.4 Å². The summed E-state index contributed by atoms with van der Waals surface area (Å²) >= 11 is 0. The molecule has 0 bridgehead atoms. The number of ketones is 1. The Labute approximate surface area is 190 Å². The number of aromatic hydroxyl groups is 1. The maximum Gasteiger partial charge on any atom is 0.190 e. The molecule has 0 aromatic heterocycles. The summed E-state index contributed by atoms with van der Waals surface area (Å²) in [6.45, 7) is 7.79. The quantitative estimate of drug-likeness (QED) is 0.460. The van der Waals surface area contributed by atoms with Crippen LogP contribution in [0.4, 0.5) is 0 Å². The number of rotatable bonds is 9. The Hall–Kier alpha value is -2.41. The van der Waals surface area contributed by atoms with E-state index < -0.39 is 5.54 Å². The highest BCUT2D eigenvalue weighted by Crippen LogP contribution is 2.41. The minimum absolute atomic E-state index is 0.0937. The molecule has 4 rings (SSSR count). The van der Waals surface area contributed by atoms with E-state index in [0.29, 0.717) is 42.0 Å². The number of piperidine rings is 1. The fourth-order valence-corrected chi connectivity index (χ4v) is 4.79. The van der Waals surface area contributed by atoms with Gasteiger partial charge in [0.1, 0.15) is 23.1 Å². The second kappa shape index (κ2) is 9.61. The van der Waals surface area contributed by atoms with Gasteiger partial charge in [-0.2, -0.15) is 0 Å². The standard InChI is InChI=1S/C26H34N2O4/c1-18(2)28-14-12-19(13-15-28)16-27-26(24-17-32-24,22-6-4-5-7-23(22)29)25(30)20-8-10-21(31-3)11-9-20/h4-11,18-19,24,27,29H,12-17H2,1-3H3. The average Bonchev–Trinajstić information content (AvgIpc) is 3.66. The molecule has 0 amide bonds. The molecule has 0 radical (unpaired) electrons. The molecule has 0 saturated carbocycles. The number of methoxy groups -OCH3 is 1. The molecule has 2 fully saturated rings. The van der Waals surface area contributed by atoms with Crippen molar-refractivity contribution in [2.45, 2.75) is 44.4 Å². The third-order valence-corrected chi connectivity index (χ3v) is 6.90. The molecule has 0 spiro atoms. The largest absolute Gasteiger partial charge is 0.508 e. The van der Waals surface area contributed by atoms with Crippen LogP contribution in [0.1, 0.15) is 42.6 Å². The van der Waals surface area contributed by atoms with E-state index in [-0.39, 0.29) is 17.6 Å². The van der Waals surface area contributed by atoms with Gasteiger partial charge in [-0.25, -0.2) is 0 Å². The molecule has 2 aromatic carbocycles. The number of carbonyl (C=O) groups is 1. The van der Waals surface area contributed by atoms with Crippen LogP contribution >= 0.6 is 0 Å². The number of phenols is 1. The first-order valence-electron chi connectivity index (χ1n) is 11.5. The Balaban J connectivity index is 1.63. The summed E-state index contributed by atoms with van der Waals surface area (Å²) in [6.07, 6.45) is 1.86. The van der Waals surface area contributed by atoms with Crippen molar-refractivity contribution >= 4 is 5.78 Å². The van der Waals surface area contributed by atoms with Crippen molar-refractivity contribution in [3.63, 3.8) is 0 Å². The van der Waals surface area contributed by atoms with Crippen molar-refractivity contribution in [1.82, 2.24) is 10.2 Å². The Morgan fingerprint density at radius 2 is 1.84 bits per heavy atom. The lowest BCUT2D eigenvalue weighted by Gasteiger charge is -2.38. The molecule has 2 aliphatic heterocycles. The third kappa shape index (κ3) is 4.53. The van der Waals surface area contributed by atoms with Crippen LogP contribution in [0, 0.1) is 5.92 Å². The molecule has 6 heteroatoms. The van der Waals surface area contributed by atoms with Crippen LogP contribution in [0.15, 0.2) is 48.5 Å². The number of benzene rings is 2. The molecule has 172 valence electrons. The smallest absolute Gasteiger partial charge is 0.190 e. The Kier molecular flexibility index (Phi) is 6.84. The van der Waals surface area contributed by atoms with Crippen LogP contribution in [-0.2, 0) is 10.3 Å². The zero-order valence-electron chi connectivity index (χ0n) is 19.2. The third-order valence-electron chi connectivity index (χ3n) is 6.90. The Morgan fingerprint density at radius 1 is 1.19 bits per heavy atom. The van der Waals surface area contributed by atoms with Crippen LogP contribution in [0.5, 0.6) is 11.5 Å². The normalized spacial score (nSPS) is 21.3. The minimum atomic E-state index is -1.13. The summed E-state index contributed by atoms with van der Waals surface area (Å²) in [4.78, 5) is 16.5. The molecule has 2 aromatic rings. The SMILES string of the molecule is COc1ccc(C(=O)C(NCC2CCN(C(C)C)CC2)(c2ccccc2O)C2CO2)cc1. The number of hydrogen-bond acceptors (Lipinski definition) is 6. The lowest BCUT2D eigenvalue weighted by molar-refractivity contribution is 0.0776. The predicted molar refractivity (Wildman–Crippen MR) is 124 cm³/mol. The van der Waals surface area contributed by atoms with Gasteiger partial charge in [0.15, 0.2) is 5.78 Å². The fourth-order valence-electron chi connectivity index (χ4n) is 4.79. The number of hydrogen-bond donors (Lipinski definition) is 2. The molecule has 32 heavy (non-hydrogen) atoms. The maximum absolute atomic E-state index is 14.0. The number of Topliss-reactive ketones (excluding diaryl/α,β-unsaturated/α-hetero) is 1. The van der Waals surface area contributed by atoms with Crippen LogP contribution in [0.3, 0.4) is 0 Å². The molecule has 2 N–H and O–H groups in total. The van der Waals surface area contributed by atoms with Crippen LogP contribution in [0.2, 0.25) is 0 Å². The van der Waals surface area contributed by atoms with Crippen molar-refractivity contribution in [1.29, 1.82) is 0 Å². The topological polar surface area (TPSA) is 74.3 Å². The number of nitrogens with one attached hydrogen (secondary N) is 1. The van der Waals surface area contributed by atoms with Gasteiger partial charge in [-0.1, -0.05) is 18.2 Å². The van der Waals surface area contributed by atoms with Gasteiger partial charge in [-0.05, 0) is 82.6 Å². The molecule has 6 nitrogen and oxygen atoms in total. The van der Waals surface area contributed by atoms with Crippen LogP contribution < -0.4 is 10.1 Å². The monoisotopic (exact) mass is 438 g/mol. The van der Waals surface area contributed by atoms with E-state index >= 15 is 0 Å². The van der Waals surface area contributed by atoms with Crippen LogP contribution in [-0.4, -0.2) is 61.3 Å². The highest BCUT2D eigenvalue weighted by Gasteiger charge is 2.55. The van der Waals surface area contributed by atoms with Gasteiger partial charge in [-0.15, -0.1) is 0 Å². The van der Waals surface area contributed by atoms with E-state index in [9.17, 15) is 9.90 Å². The van der Waals surface area contributed by atoms with Gasteiger partial charge >= 0.3 is 0 Å². The van der Waals surface area contributed by atoms with E-state index in [1.807, 2.05) is 12.1 Å². The lowest BCUT2D eigenvalue weighted by atomic mass is 9.78. The highest BCUT2D eigenvalue weighted by atomic mass is 16.6. The first kappa shape index (κ1) is 22.8. The summed E-state index contributed by atoms with van der Waals surface area (Å²) in [5, 5.41) is 14.4. The Bertz CT molecular complexity index is 918. The number of epoxide rings is 1. The van der Waals surface area contributed by atoms with E-state index in [1.54, 1.807) is 43.5 Å². The van der Waals surface area contributed by atoms with Crippen molar-refractivity contribution in [3.05, 3.63) is 59.7 Å². The summed E-state index contributed by atoms with van der Waals surface area (Å²) in [6, 6.07) is 14.8. The molecular formula is C26H34N2O4. The van der Waals surface area contributed by atoms with Gasteiger partial charge in [0.05, 0.1) is 13.7 Å². The Morgan fingerprint density at radius 3 is 2.41 bits per heavy atom. The van der Waals surface area contributed by atoms with Crippen LogP contribution in [0.25, 0.3) is 0 Å². The van der Waals surface area contributed by atoms with E-state index in [1.165, 1.54) is 0 Å². The van der Waals surface area contributed by atoms with Gasteiger partial charge in [0, 0.05) is 17.2 Å². The van der Waals surface area contributed by atoms with Gasteiger partial charge in [0.25, 0.3) is 0 Å². The maximum atomic E-state index is 14.0. The molecule has 2 aliphatic rings. The van der Waals surface area contributed by atoms with Gasteiger partial charge in [0.2, 0.25) is 0 Å². The van der Waals surface area contributed by atoms with Gasteiger partial charge < -0.3 is 19.5 Å². The first-order valence-corrected chi connectivity index (χ1v) is 11.5. The van der Waals surface area contributed by atoms with Crippen molar-refractivity contribution in [3.8, 4) is 11.5 Å². The summed E-state index contributed by atoms with van der Waals surface area (Å²) in [5.41, 5.74) is 0.00406. The summed E-state index contributed by atoms with van der Waals surface area (Å²) < 4.78 is 11.0. The van der Waals surface area contributed by atoms with Gasteiger partial charge in [-0.3, -0.25) is 10.1 Å². The molecule has 2 saturated heterocycles. The first-order chi connectivity index (χ1) is 15.5. The number of phenolic OH excluding ortho intramolecular Hbond substituents is 1. The number of likely N-dealkylation sites (tertiary alicyclic amines) is 1. The van der Waals surface area contributed by atoms with E-state index in [2.05, 4.69) is 24.1 Å². The molecule has 0 aliphatic carbocycles. The fraction of sp³-hybridized carbons (Fsp3) is 0.500. The second-order valence-electron chi connectivity index (χ2n) is 9.16.